The SMILES string of the molecule is Fc1c(F)c(F)c(C2=[C]CC=C2)c(F)c1F. The fourth-order valence-electron chi connectivity index (χ4n) is 1.42. The molecule has 1 aliphatic carbocycles. The number of halogens is 5. The summed E-state index contributed by atoms with van der Waals surface area (Å²) >= 11 is 0. The van der Waals surface area contributed by atoms with Crippen molar-refractivity contribution in [1.29, 1.82) is 0 Å². The molecule has 0 nitrogen and oxygen atoms in total. The molecule has 0 fully saturated rings. The molecule has 1 aliphatic rings. The zero-order valence-corrected chi connectivity index (χ0v) is 7.75. The summed E-state index contributed by atoms with van der Waals surface area (Å²) in [6, 6.07) is 0. The molecule has 0 N–H and O–H groups in total. The highest BCUT2D eigenvalue weighted by Crippen LogP contribution is 2.30. The van der Waals surface area contributed by atoms with Gasteiger partial charge in [-0.3, -0.25) is 0 Å². The minimum Gasteiger partial charge on any atom is -0.203 e. The van der Waals surface area contributed by atoms with Gasteiger partial charge in [-0.25, -0.2) is 22.0 Å². The number of hydrogen-bond donors (Lipinski definition) is 0. The Labute approximate surface area is 87.7 Å². The standard InChI is InChI=1S/C11H4F5/c12-7-6(5-3-1-2-4-5)8(13)10(15)11(16)9(7)14/h1,3H,2H2. The second-order valence-corrected chi connectivity index (χ2v) is 3.14. The van der Waals surface area contributed by atoms with E-state index in [1.807, 2.05) is 0 Å². The van der Waals surface area contributed by atoms with E-state index in [4.69, 9.17) is 0 Å². The first kappa shape index (κ1) is 10.9. The summed E-state index contributed by atoms with van der Waals surface area (Å²) < 4.78 is 64.8. The maximum absolute atomic E-state index is 13.2. The van der Waals surface area contributed by atoms with E-state index in [0.717, 1.165) is 0 Å². The van der Waals surface area contributed by atoms with E-state index in [-0.39, 0.29) is 12.0 Å². The number of hydrogen-bond acceptors (Lipinski definition) is 0. The number of benzene rings is 1. The summed E-state index contributed by atoms with van der Waals surface area (Å²) in [6.07, 6.45) is 5.55. The van der Waals surface area contributed by atoms with Gasteiger partial charge in [-0.15, -0.1) is 0 Å². The van der Waals surface area contributed by atoms with Gasteiger partial charge in [0.15, 0.2) is 23.3 Å². The lowest BCUT2D eigenvalue weighted by atomic mass is 10.0. The lowest BCUT2D eigenvalue weighted by Crippen LogP contribution is -2.05. The van der Waals surface area contributed by atoms with Gasteiger partial charge in [-0.2, -0.15) is 0 Å². The summed E-state index contributed by atoms with van der Waals surface area (Å²) in [5.41, 5.74) is -1.04. The fourth-order valence-corrected chi connectivity index (χ4v) is 1.42. The fraction of sp³-hybridized carbons (Fsp3) is 0.0909. The van der Waals surface area contributed by atoms with E-state index < -0.39 is 34.6 Å². The molecule has 0 atom stereocenters. The zero-order chi connectivity index (χ0) is 11.9. The highest BCUT2D eigenvalue weighted by atomic mass is 19.2. The largest absolute Gasteiger partial charge is 0.203 e. The maximum atomic E-state index is 13.2. The summed E-state index contributed by atoms with van der Waals surface area (Å²) in [6.45, 7) is 0. The van der Waals surface area contributed by atoms with Crippen LogP contribution < -0.4 is 0 Å². The first-order valence-electron chi connectivity index (χ1n) is 4.33. The molecule has 16 heavy (non-hydrogen) atoms. The molecule has 0 spiro atoms. The number of rotatable bonds is 1. The lowest BCUT2D eigenvalue weighted by Gasteiger charge is -2.07. The quantitative estimate of drug-likeness (QED) is 0.394. The van der Waals surface area contributed by atoms with E-state index in [2.05, 4.69) is 6.08 Å². The van der Waals surface area contributed by atoms with Crippen molar-refractivity contribution in [2.45, 2.75) is 6.42 Å². The Balaban J connectivity index is 2.75. The molecule has 1 aromatic rings. The monoisotopic (exact) mass is 231 g/mol. The van der Waals surface area contributed by atoms with Crippen molar-refractivity contribution in [3.8, 4) is 0 Å². The Morgan fingerprint density at radius 3 is 1.75 bits per heavy atom. The lowest BCUT2D eigenvalue weighted by molar-refractivity contribution is 0.376. The van der Waals surface area contributed by atoms with E-state index in [1.54, 1.807) is 0 Å². The molecule has 0 unspecified atom stereocenters. The van der Waals surface area contributed by atoms with Crippen molar-refractivity contribution in [3.05, 3.63) is 52.9 Å². The second kappa shape index (κ2) is 3.73. The van der Waals surface area contributed by atoms with Crippen LogP contribution in [0.25, 0.3) is 5.57 Å². The second-order valence-electron chi connectivity index (χ2n) is 3.14. The minimum atomic E-state index is -2.15. The third-order valence-corrected chi connectivity index (χ3v) is 2.17. The molecule has 0 saturated carbocycles. The van der Waals surface area contributed by atoms with Crippen LogP contribution in [0.1, 0.15) is 12.0 Å². The molecule has 0 amide bonds. The highest BCUT2D eigenvalue weighted by molar-refractivity contribution is 5.75. The van der Waals surface area contributed by atoms with Gasteiger partial charge in [0.1, 0.15) is 0 Å². The van der Waals surface area contributed by atoms with Crippen LogP contribution in [0.4, 0.5) is 22.0 Å². The third-order valence-electron chi connectivity index (χ3n) is 2.17. The normalized spacial score (nSPS) is 14.4. The molecule has 1 aromatic carbocycles. The predicted octanol–water partition coefficient (Wildman–Crippen LogP) is 3.53. The smallest absolute Gasteiger partial charge is 0.200 e. The Hall–Kier alpha value is -1.65. The Morgan fingerprint density at radius 1 is 0.812 bits per heavy atom. The van der Waals surface area contributed by atoms with E-state index in [1.165, 1.54) is 12.2 Å². The van der Waals surface area contributed by atoms with Crippen LogP contribution in [0, 0.1) is 35.2 Å². The summed E-state index contributed by atoms with van der Waals surface area (Å²) in [5.74, 6) is -9.69. The molecule has 0 aromatic heterocycles. The maximum Gasteiger partial charge on any atom is 0.200 e. The van der Waals surface area contributed by atoms with Gasteiger partial charge >= 0.3 is 0 Å². The van der Waals surface area contributed by atoms with Crippen molar-refractivity contribution < 1.29 is 22.0 Å². The van der Waals surface area contributed by atoms with Crippen molar-refractivity contribution in [3.63, 3.8) is 0 Å². The molecule has 0 heterocycles. The van der Waals surface area contributed by atoms with Gasteiger partial charge in [0.25, 0.3) is 0 Å². The first-order chi connectivity index (χ1) is 7.54. The van der Waals surface area contributed by atoms with Crippen LogP contribution in [-0.2, 0) is 0 Å². The van der Waals surface area contributed by atoms with Crippen LogP contribution in [-0.4, -0.2) is 0 Å². The van der Waals surface area contributed by atoms with Gasteiger partial charge in [0.2, 0.25) is 5.82 Å². The molecule has 83 valence electrons. The molecular formula is C11H4F5. The average molecular weight is 231 g/mol. The molecule has 0 saturated heterocycles. The van der Waals surface area contributed by atoms with Gasteiger partial charge in [0, 0.05) is 0 Å². The van der Waals surface area contributed by atoms with Crippen molar-refractivity contribution >= 4 is 5.57 Å². The molecule has 2 rings (SSSR count). The highest BCUT2D eigenvalue weighted by Gasteiger charge is 2.27. The predicted molar refractivity (Wildman–Crippen MR) is 46.6 cm³/mol. The summed E-state index contributed by atoms with van der Waals surface area (Å²) in [5, 5.41) is 0. The van der Waals surface area contributed by atoms with Gasteiger partial charge in [-0.05, 0) is 18.1 Å². The van der Waals surface area contributed by atoms with Crippen LogP contribution in [0.2, 0.25) is 0 Å². The average Bonchev–Trinajstić information content (AvgIpc) is 2.77. The Bertz CT molecular complexity index is 485. The van der Waals surface area contributed by atoms with Crippen LogP contribution >= 0.6 is 0 Å². The molecule has 0 aliphatic heterocycles. The number of allylic oxidation sites excluding steroid dienone is 4. The van der Waals surface area contributed by atoms with Gasteiger partial charge in [-0.1, -0.05) is 12.2 Å². The zero-order valence-electron chi connectivity index (χ0n) is 7.75. The Morgan fingerprint density at radius 2 is 1.31 bits per heavy atom. The van der Waals surface area contributed by atoms with Crippen molar-refractivity contribution in [2.24, 2.45) is 0 Å². The van der Waals surface area contributed by atoms with Gasteiger partial charge in [0.05, 0.1) is 5.56 Å². The van der Waals surface area contributed by atoms with E-state index in [9.17, 15) is 22.0 Å². The van der Waals surface area contributed by atoms with Crippen molar-refractivity contribution in [2.75, 3.05) is 0 Å². The topological polar surface area (TPSA) is 0 Å². The summed E-state index contributed by atoms with van der Waals surface area (Å²) in [4.78, 5) is 0. The van der Waals surface area contributed by atoms with E-state index in [0.29, 0.717) is 0 Å². The van der Waals surface area contributed by atoms with Crippen molar-refractivity contribution in [1.82, 2.24) is 0 Å². The Kier molecular flexibility index (Phi) is 2.53. The molecule has 1 radical (unpaired) electrons. The third kappa shape index (κ3) is 1.43. The van der Waals surface area contributed by atoms with Crippen LogP contribution in [0.15, 0.2) is 12.2 Å². The summed E-state index contributed by atoms with van der Waals surface area (Å²) in [7, 11) is 0. The van der Waals surface area contributed by atoms with Gasteiger partial charge < -0.3 is 0 Å². The van der Waals surface area contributed by atoms with E-state index >= 15 is 0 Å². The molecule has 0 bridgehead atoms. The first-order valence-corrected chi connectivity index (χ1v) is 4.33. The van der Waals surface area contributed by atoms with Crippen LogP contribution in [0.5, 0.6) is 0 Å². The molecule has 5 heteroatoms. The van der Waals surface area contributed by atoms with Crippen LogP contribution in [0.3, 0.4) is 0 Å². The molecular weight excluding hydrogens is 227 g/mol. The minimum absolute atomic E-state index is 0.118.